The van der Waals surface area contributed by atoms with Crippen molar-refractivity contribution in [1.29, 1.82) is 0 Å². The Bertz CT molecular complexity index is 833. The Morgan fingerprint density at radius 3 is 2.72 bits per heavy atom. The molecule has 0 saturated carbocycles. The summed E-state index contributed by atoms with van der Waals surface area (Å²) >= 11 is 7.15. The number of carbonyl (C=O) groups is 1. The highest BCUT2D eigenvalue weighted by atomic mass is 35.5. The van der Waals surface area contributed by atoms with Crippen molar-refractivity contribution >= 4 is 35.1 Å². The van der Waals surface area contributed by atoms with E-state index >= 15 is 0 Å². The number of amides is 1. The van der Waals surface area contributed by atoms with Gasteiger partial charge in [-0.2, -0.15) is 0 Å². The second kappa shape index (κ2) is 9.45. The topological polar surface area (TPSA) is 93.2 Å². The molecule has 1 amide bonds. The lowest BCUT2D eigenvalue weighted by Crippen LogP contribution is -2.33. The summed E-state index contributed by atoms with van der Waals surface area (Å²) in [6.07, 6.45) is 0.574. The molecule has 0 unspecified atom stereocenters. The number of ether oxygens (including phenoxy) is 1. The van der Waals surface area contributed by atoms with E-state index in [4.69, 9.17) is 16.3 Å². The molecule has 2 N–H and O–H groups in total. The van der Waals surface area contributed by atoms with Gasteiger partial charge >= 0.3 is 5.69 Å². The summed E-state index contributed by atoms with van der Waals surface area (Å²) in [6, 6.07) is 8.30. The number of thioether (sulfide) groups is 1. The molecule has 2 aromatic rings. The lowest BCUT2D eigenvalue weighted by molar-refractivity contribution is -0.113. The van der Waals surface area contributed by atoms with Crippen molar-refractivity contribution in [2.24, 2.45) is 0 Å². The van der Waals surface area contributed by atoms with Crippen molar-refractivity contribution < 1.29 is 9.53 Å². The van der Waals surface area contributed by atoms with E-state index in [1.54, 1.807) is 19.2 Å². The van der Waals surface area contributed by atoms with Crippen LogP contribution in [0.4, 0.5) is 5.82 Å². The van der Waals surface area contributed by atoms with Crippen LogP contribution in [0.5, 0.6) is 0 Å². The SMILES string of the molecule is COCCCn1c(NC(=O)CSc2ccc(Cl)cc2)cc(=O)[nH]c1=O. The maximum Gasteiger partial charge on any atom is 0.329 e. The lowest BCUT2D eigenvalue weighted by Gasteiger charge is -2.12. The van der Waals surface area contributed by atoms with E-state index in [-0.39, 0.29) is 17.5 Å². The zero-order valence-electron chi connectivity index (χ0n) is 13.6. The number of methoxy groups -OCH3 is 1. The van der Waals surface area contributed by atoms with Gasteiger partial charge in [0, 0.05) is 36.2 Å². The number of aromatic amines is 1. The second-order valence-electron chi connectivity index (χ2n) is 5.11. The molecule has 0 aliphatic rings. The second-order valence-corrected chi connectivity index (χ2v) is 6.60. The summed E-state index contributed by atoms with van der Waals surface area (Å²) < 4.78 is 6.27. The molecular formula is C16H18ClN3O4S. The molecule has 0 aliphatic carbocycles. The van der Waals surface area contributed by atoms with Crippen molar-refractivity contribution in [3.05, 3.63) is 56.2 Å². The van der Waals surface area contributed by atoms with Crippen molar-refractivity contribution in [3.63, 3.8) is 0 Å². The number of anilines is 1. The van der Waals surface area contributed by atoms with Crippen LogP contribution in [-0.4, -0.2) is 34.9 Å². The first-order valence-electron chi connectivity index (χ1n) is 7.51. The molecule has 0 saturated heterocycles. The van der Waals surface area contributed by atoms with Crippen molar-refractivity contribution in [3.8, 4) is 0 Å². The number of aromatic nitrogens is 2. The summed E-state index contributed by atoms with van der Waals surface area (Å²) in [5, 5.41) is 3.24. The molecule has 0 radical (unpaired) electrons. The minimum absolute atomic E-state index is 0.140. The van der Waals surface area contributed by atoms with E-state index in [0.717, 1.165) is 4.90 Å². The minimum atomic E-state index is -0.566. The predicted molar refractivity (Wildman–Crippen MR) is 98.6 cm³/mol. The number of carbonyl (C=O) groups excluding carboxylic acids is 1. The van der Waals surface area contributed by atoms with Crippen LogP contribution in [0.1, 0.15) is 6.42 Å². The fraction of sp³-hybridized carbons (Fsp3) is 0.312. The largest absolute Gasteiger partial charge is 0.385 e. The van der Waals surface area contributed by atoms with Gasteiger partial charge in [-0.05, 0) is 30.7 Å². The number of halogens is 1. The monoisotopic (exact) mass is 383 g/mol. The average Bonchev–Trinajstić information content (AvgIpc) is 2.56. The van der Waals surface area contributed by atoms with Crippen molar-refractivity contribution in [2.45, 2.75) is 17.9 Å². The summed E-state index contributed by atoms with van der Waals surface area (Å²) in [4.78, 5) is 38.7. The lowest BCUT2D eigenvalue weighted by atomic mass is 10.4. The van der Waals surface area contributed by atoms with Gasteiger partial charge in [0.05, 0.1) is 5.75 Å². The Morgan fingerprint density at radius 1 is 1.32 bits per heavy atom. The molecule has 0 spiro atoms. The van der Waals surface area contributed by atoms with Gasteiger partial charge in [0.25, 0.3) is 5.56 Å². The maximum atomic E-state index is 12.1. The van der Waals surface area contributed by atoms with E-state index < -0.39 is 11.2 Å². The summed E-state index contributed by atoms with van der Waals surface area (Å²) in [5.74, 6) is -0.00209. The molecule has 134 valence electrons. The van der Waals surface area contributed by atoms with Crippen LogP contribution in [0, 0.1) is 0 Å². The molecule has 0 atom stereocenters. The Balaban J connectivity index is 2.04. The summed E-state index contributed by atoms with van der Waals surface area (Å²) in [6.45, 7) is 0.786. The van der Waals surface area contributed by atoms with Gasteiger partial charge in [-0.1, -0.05) is 11.6 Å². The predicted octanol–water partition coefficient (Wildman–Crippen LogP) is 1.96. The third-order valence-corrected chi connectivity index (χ3v) is 4.48. The Morgan fingerprint density at radius 2 is 2.04 bits per heavy atom. The molecule has 7 nitrogen and oxygen atoms in total. The van der Waals surface area contributed by atoms with Crippen molar-refractivity contribution in [1.82, 2.24) is 9.55 Å². The Kier molecular flexibility index (Phi) is 7.30. The number of H-pyrrole nitrogens is 1. The standard InChI is InChI=1S/C16H18ClN3O4S/c1-24-8-2-7-20-13(9-14(21)19-16(20)23)18-15(22)10-25-12-5-3-11(17)4-6-12/h3-6,9H,2,7-8,10H2,1H3,(H,18,22)(H,19,21,23). The summed E-state index contributed by atoms with van der Waals surface area (Å²) in [7, 11) is 1.56. The van der Waals surface area contributed by atoms with Gasteiger partial charge in [0.15, 0.2) is 0 Å². The van der Waals surface area contributed by atoms with E-state index in [1.807, 2.05) is 12.1 Å². The highest BCUT2D eigenvalue weighted by Crippen LogP contribution is 2.20. The molecule has 0 aliphatic heterocycles. The average molecular weight is 384 g/mol. The molecule has 25 heavy (non-hydrogen) atoms. The maximum absolute atomic E-state index is 12.1. The molecule has 1 aromatic heterocycles. The number of nitrogens with one attached hydrogen (secondary N) is 2. The van der Waals surface area contributed by atoms with Gasteiger partial charge in [0.2, 0.25) is 5.91 Å². The molecule has 9 heteroatoms. The van der Waals surface area contributed by atoms with Gasteiger partial charge in [-0.15, -0.1) is 11.8 Å². The highest BCUT2D eigenvalue weighted by molar-refractivity contribution is 8.00. The van der Waals surface area contributed by atoms with Crippen LogP contribution < -0.4 is 16.6 Å². The van der Waals surface area contributed by atoms with Crippen LogP contribution in [0.3, 0.4) is 0 Å². The zero-order chi connectivity index (χ0) is 18.2. The molecular weight excluding hydrogens is 366 g/mol. The van der Waals surface area contributed by atoms with E-state index in [2.05, 4.69) is 10.3 Å². The summed E-state index contributed by atoms with van der Waals surface area (Å²) in [5.41, 5.74) is -1.13. The molecule has 2 rings (SSSR count). The Hall–Kier alpha value is -2.03. The number of hydrogen-bond donors (Lipinski definition) is 2. The number of hydrogen-bond acceptors (Lipinski definition) is 5. The first-order valence-corrected chi connectivity index (χ1v) is 8.87. The fourth-order valence-electron chi connectivity index (χ4n) is 2.07. The number of benzene rings is 1. The molecule has 1 heterocycles. The first-order chi connectivity index (χ1) is 12.0. The number of nitrogens with zero attached hydrogens (tertiary/aromatic N) is 1. The third-order valence-electron chi connectivity index (χ3n) is 3.22. The number of rotatable bonds is 8. The van der Waals surface area contributed by atoms with Crippen LogP contribution in [0.15, 0.2) is 44.8 Å². The fourth-order valence-corrected chi connectivity index (χ4v) is 2.90. The normalized spacial score (nSPS) is 10.6. The van der Waals surface area contributed by atoms with Crippen LogP contribution >= 0.6 is 23.4 Å². The van der Waals surface area contributed by atoms with E-state index in [0.29, 0.717) is 24.6 Å². The smallest absolute Gasteiger partial charge is 0.329 e. The van der Waals surface area contributed by atoms with E-state index in [1.165, 1.54) is 22.4 Å². The molecule has 1 aromatic carbocycles. The first kappa shape index (κ1) is 19.3. The van der Waals surface area contributed by atoms with Gasteiger partial charge < -0.3 is 10.1 Å². The van der Waals surface area contributed by atoms with Crippen LogP contribution in [-0.2, 0) is 16.1 Å². The minimum Gasteiger partial charge on any atom is -0.385 e. The van der Waals surface area contributed by atoms with Crippen LogP contribution in [0.2, 0.25) is 5.02 Å². The quantitative estimate of drug-likeness (QED) is 0.537. The van der Waals surface area contributed by atoms with Gasteiger partial charge in [0.1, 0.15) is 5.82 Å². The highest BCUT2D eigenvalue weighted by Gasteiger charge is 2.10. The molecule has 0 bridgehead atoms. The van der Waals surface area contributed by atoms with Gasteiger partial charge in [-0.25, -0.2) is 4.79 Å². The zero-order valence-corrected chi connectivity index (χ0v) is 15.2. The Labute approximate surface area is 153 Å². The van der Waals surface area contributed by atoms with Crippen molar-refractivity contribution in [2.75, 3.05) is 24.8 Å². The molecule has 0 fully saturated rings. The van der Waals surface area contributed by atoms with Crippen LogP contribution in [0.25, 0.3) is 0 Å². The third kappa shape index (κ3) is 6.08. The van der Waals surface area contributed by atoms with E-state index in [9.17, 15) is 14.4 Å². The van der Waals surface area contributed by atoms with Gasteiger partial charge in [-0.3, -0.25) is 19.1 Å².